The largest absolute Gasteiger partial charge is 0.426 e. The number of ether oxygens (including phenoxy) is 1. The highest BCUT2D eigenvalue weighted by atomic mass is 16.5. The first kappa shape index (κ1) is 23.4. The number of aryl methyl sites for hydroxylation is 1. The fraction of sp³-hybridized carbons (Fsp3) is 0.750. The third-order valence-corrected chi connectivity index (χ3v) is 7.93. The number of hydrogen-bond donors (Lipinski definition) is 0. The highest BCUT2D eigenvalue weighted by Crippen LogP contribution is 2.42. The van der Waals surface area contributed by atoms with Crippen LogP contribution in [0.2, 0.25) is 0 Å². The first-order valence-corrected chi connectivity index (χ1v) is 13.0. The minimum absolute atomic E-state index is 0.00974. The number of unbranched alkanes of at least 4 members (excludes halogenated alkanes) is 4. The molecular formula is C28H44O2. The lowest BCUT2D eigenvalue weighted by Gasteiger charge is -2.37. The SMILES string of the molecule is CCCCCCCC1CCC(C2CCC(C(=O)Oc3ccc(CC)cc3)CC2)CC1. The van der Waals surface area contributed by atoms with Gasteiger partial charge in [-0.2, -0.15) is 0 Å². The molecule has 30 heavy (non-hydrogen) atoms. The number of benzene rings is 1. The molecule has 2 heteroatoms. The molecule has 0 bridgehead atoms. The molecule has 0 N–H and O–H groups in total. The maximum absolute atomic E-state index is 12.6. The predicted octanol–water partition coefficient (Wildman–Crippen LogP) is 8.13. The van der Waals surface area contributed by atoms with E-state index in [4.69, 9.17) is 4.74 Å². The third kappa shape index (κ3) is 7.13. The number of hydrogen-bond acceptors (Lipinski definition) is 2. The van der Waals surface area contributed by atoms with Gasteiger partial charge in [-0.05, 0) is 80.4 Å². The van der Waals surface area contributed by atoms with Crippen molar-refractivity contribution in [2.45, 2.75) is 110 Å². The third-order valence-electron chi connectivity index (χ3n) is 7.93. The number of rotatable bonds is 10. The molecule has 2 fully saturated rings. The predicted molar refractivity (Wildman–Crippen MR) is 126 cm³/mol. The number of esters is 1. The van der Waals surface area contributed by atoms with E-state index in [-0.39, 0.29) is 11.9 Å². The maximum atomic E-state index is 12.6. The van der Waals surface area contributed by atoms with E-state index < -0.39 is 0 Å². The lowest BCUT2D eigenvalue weighted by atomic mass is 9.68. The molecule has 0 heterocycles. The zero-order valence-corrected chi connectivity index (χ0v) is 19.5. The Hall–Kier alpha value is -1.31. The summed E-state index contributed by atoms with van der Waals surface area (Å²) in [4.78, 5) is 12.6. The van der Waals surface area contributed by atoms with Crippen molar-refractivity contribution < 1.29 is 9.53 Å². The molecule has 2 aliphatic carbocycles. The van der Waals surface area contributed by atoms with Crippen molar-refractivity contribution in [2.75, 3.05) is 0 Å². The Morgan fingerprint density at radius 3 is 2.00 bits per heavy atom. The Morgan fingerprint density at radius 2 is 1.40 bits per heavy atom. The molecule has 0 unspecified atom stereocenters. The van der Waals surface area contributed by atoms with Crippen LogP contribution in [0.25, 0.3) is 0 Å². The van der Waals surface area contributed by atoms with Gasteiger partial charge >= 0.3 is 5.97 Å². The van der Waals surface area contributed by atoms with Crippen molar-refractivity contribution in [1.82, 2.24) is 0 Å². The minimum atomic E-state index is -0.00974. The highest BCUT2D eigenvalue weighted by molar-refractivity contribution is 5.75. The van der Waals surface area contributed by atoms with Gasteiger partial charge in [-0.3, -0.25) is 4.79 Å². The molecule has 2 saturated carbocycles. The fourth-order valence-electron chi connectivity index (χ4n) is 5.80. The average molecular weight is 413 g/mol. The van der Waals surface area contributed by atoms with Crippen LogP contribution in [0, 0.1) is 23.7 Å². The molecule has 2 aliphatic rings. The molecule has 0 spiro atoms. The summed E-state index contributed by atoms with van der Waals surface area (Å²) in [7, 11) is 0. The Labute approximate surface area is 185 Å². The van der Waals surface area contributed by atoms with Gasteiger partial charge in [0.15, 0.2) is 0 Å². The molecule has 0 atom stereocenters. The second kappa shape index (κ2) is 12.5. The zero-order chi connectivity index (χ0) is 21.2. The summed E-state index contributed by atoms with van der Waals surface area (Å²) in [5.41, 5.74) is 1.28. The fourth-order valence-corrected chi connectivity index (χ4v) is 5.80. The van der Waals surface area contributed by atoms with Gasteiger partial charge < -0.3 is 4.74 Å². The van der Waals surface area contributed by atoms with Gasteiger partial charge in [0.2, 0.25) is 0 Å². The summed E-state index contributed by atoms with van der Waals surface area (Å²) in [6, 6.07) is 7.98. The summed E-state index contributed by atoms with van der Waals surface area (Å²) in [6.07, 6.45) is 19.8. The Balaban J connectivity index is 1.33. The van der Waals surface area contributed by atoms with E-state index in [1.165, 1.54) is 82.6 Å². The van der Waals surface area contributed by atoms with E-state index in [0.29, 0.717) is 5.75 Å². The van der Waals surface area contributed by atoms with Crippen LogP contribution >= 0.6 is 0 Å². The molecule has 0 aliphatic heterocycles. The van der Waals surface area contributed by atoms with Crippen molar-refractivity contribution >= 4 is 5.97 Å². The maximum Gasteiger partial charge on any atom is 0.314 e. The molecule has 0 saturated heterocycles. The minimum Gasteiger partial charge on any atom is -0.426 e. The Bertz CT molecular complexity index is 604. The second-order valence-corrected chi connectivity index (χ2v) is 10.0. The lowest BCUT2D eigenvalue weighted by Crippen LogP contribution is -2.30. The van der Waals surface area contributed by atoms with E-state index in [1.54, 1.807) is 0 Å². The van der Waals surface area contributed by atoms with E-state index >= 15 is 0 Å². The summed E-state index contributed by atoms with van der Waals surface area (Å²) in [6.45, 7) is 4.43. The van der Waals surface area contributed by atoms with Crippen LogP contribution < -0.4 is 4.74 Å². The first-order chi connectivity index (χ1) is 14.7. The van der Waals surface area contributed by atoms with Crippen LogP contribution in [0.15, 0.2) is 24.3 Å². The summed E-state index contributed by atoms with van der Waals surface area (Å²) in [5.74, 6) is 3.56. The summed E-state index contributed by atoms with van der Waals surface area (Å²) >= 11 is 0. The van der Waals surface area contributed by atoms with Gasteiger partial charge in [-0.1, -0.05) is 77.3 Å². The second-order valence-electron chi connectivity index (χ2n) is 10.0. The van der Waals surface area contributed by atoms with Crippen LogP contribution in [-0.4, -0.2) is 5.97 Å². The molecule has 1 aromatic rings. The molecule has 2 nitrogen and oxygen atoms in total. The topological polar surface area (TPSA) is 26.3 Å². The van der Waals surface area contributed by atoms with E-state index in [2.05, 4.69) is 26.0 Å². The van der Waals surface area contributed by atoms with Crippen LogP contribution in [0.4, 0.5) is 0 Å². The van der Waals surface area contributed by atoms with E-state index in [9.17, 15) is 4.79 Å². The first-order valence-electron chi connectivity index (χ1n) is 13.0. The van der Waals surface area contributed by atoms with Crippen LogP contribution in [-0.2, 0) is 11.2 Å². The molecule has 0 aromatic heterocycles. The summed E-state index contributed by atoms with van der Waals surface area (Å²) in [5, 5.41) is 0. The normalized spacial score (nSPS) is 27.0. The van der Waals surface area contributed by atoms with Crippen LogP contribution in [0.3, 0.4) is 0 Å². The van der Waals surface area contributed by atoms with Crippen molar-refractivity contribution in [3.05, 3.63) is 29.8 Å². The number of carbonyl (C=O) groups excluding carboxylic acids is 1. The molecule has 0 radical (unpaired) electrons. The van der Waals surface area contributed by atoms with Crippen molar-refractivity contribution in [3.8, 4) is 5.75 Å². The van der Waals surface area contributed by atoms with Gasteiger partial charge in [0.05, 0.1) is 5.92 Å². The van der Waals surface area contributed by atoms with E-state index in [0.717, 1.165) is 37.0 Å². The van der Waals surface area contributed by atoms with Crippen LogP contribution in [0.1, 0.15) is 109 Å². The van der Waals surface area contributed by atoms with Gasteiger partial charge in [0.25, 0.3) is 0 Å². The lowest BCUT2D eigenvalue weighted by molar-refractivity contribution is -0.140. The van der Waals surface area contributed by atoms with Gasteiger partial charge in [-0.15, -0.1) is 0 Å². The molecule has 3 rings (SSSR count). The van der Waals surface area contributed by atoms with Crippen molar-refractivity contribution in [3.63, 3.8) is 0 Å². The van der Waals surface area contributed by atoms with Crippen molar-refractivity contribution in [1.29, 1.82) is 0 Å². The summed E-state index contributed by atoms with van der Waals surface area (Å²) < 4.78 is 5.67. The van der Waals surface area contributed by atoms with Gasteiger partial charge in [-0.25, -0.2) is 0 Å². The Kier molecular flexibility index (Phi) is 9.75. The molecule has 168 valence electrons. The van der Waals surface area contributed by atoms with E-state index in [1.807, 2.05) is 12.1 Å². The zero-order valence-electron chi connectivity index (χ0n) is 19.5. The Morgan fingerprint density at radius 1 is 0.800 bits per heavy atom. The highest BCUT2D eigenvalue weighted by Gasteiger charge is 2.33. The average Bonchev–Trinajstić information content (AvgIpc) is 2.80. The number of carbonyl (C=O) groups is 1. The monoisotopic (exact) mass is 412 g/mol. The van der Waals surface area contributed by atoms with Gasteiger partial charge in [0.1, 0.15) is 5.75 Å². The van der Waals surface area contributed by atoms with Crippen LogP contribution in [0.5, 0.6) is 5.75 Å². The van der Waals surface area contributed by atoms with Gasteiger partial charge in [0, 0.05) is 0 Å². The standard InChI is InChI=1S/C28H44O2/c1-3-5-6-7-8-9-23-10-14-24(15-11-23)25-16-18-26(19-17-25)28(29)30-27-20-12-22(4-2)13-21-27/h12-13,20-21,23-26H,3-11,14-19H2,1-2H3. The van der Waals surface area contributed by atoms with Crippen molar-refractivity contribution in [2.24, 2.45) is 23.7 Å². The molecule has 0 amide bonds. The quantitative estimate of drug-likeness (QED) is 0.220. The molecule has 1 aromatic carbocycles. The molecular weight excluding hydrogens is 368 g/mol. The smallest absolute Gasteiger partial charge is 0.314 e.